The zero-order valence-electron chi connectivity index (χ0n) is 17.3. The lowest BCUT2D eigenvalue weighted by Gasteiger charge is -2.07. The molecule has 0 radical (unpaired) electrons. The van der Waals surface area contributed by atoms with Crippen LogP contribution >= 0.6 is 11.8 Å². The monoisotopic (exact) mass is 451 g/mol. The molecule has 164 valence electrons. The van der Waals surface area contributed by atoms with Gasteiger partial charge in [-0.05, 0) is 67.1 Å². The van der Waals surface area contributed by atoms with Gasteiger partial charge in [0.1, 0.15) is 5.82 Å². The summed E-state index contributed by atoms with van der Waals surface area (Å²) in [6.45, 7) is -0.413. The number of rotatable bonds is 10. The van der Waals surface area contributed by atoms with Gasteiger partial charge in [-0.15, -0.1) is 0 Å². The SMILES string of the molecule is O=C(CCCC(=O)OCC(=O)c1ccc(F)cc1)Nc1ccc(Sc2ccccc2)cc1. The third-order valence-corrected chi connectivity index (χ3v) is 5.45. The molecule has 3 aromatic rings. The fourth-order valence-electron chi connectivity index (χ4n) is 2.79. The molecule has 0 spiro atoms. The second-order valence-corrected chi connectivity index (χ2v) is 8.08. The van der Waals surface area contributed by atoms with Gasteiger partial charge in [-0.25, -0.2) is 4.39 Å². The lowest BCUT2D eigenvalue weighted by atomic mass is 10.1. The summed E-state index contributed by atoms with van der Waals surface area (Å²) in [6.07, 6.45) is 0.482. The van der Waals surface area contributed by atoms with Crippen LogP contribution in [0.3, 0.4) is 0 Å². The van der Waals surface area contributed by atoms with Crippen molar-refractivity contribution in [3.05, 3.63) is 90.2 Å². The van der Waals surface area contributed by atoms with E-state index in [1.807, 2.05) is 54.6 Å². The maximum Gasteiger partial charge on any atom is 0.306 e. The molecular weight excluding hydrogens is 429 g/mol. The van der Waals surface area contributed by atoms with E-state index in [0.29, 0.717) is 12.1 Å². The van der Waals surface area contributed by atoms with Crippen LogP contribution in [0.25, 0.3) is 0 Å². The number of benzene rings is 3. The maximum atomic E-state index is 12.9. The molecule has 0 aliphatic rings. The lowest BCUT2D eigenvalue weighted by Crippen LogP contribution is -2.15. The van der Waals surface area contributed by atoms with Crippen LogP contribution in [0.15, 0.2) is 88.7 Å². The second kappa shape index (κ2) is 11.8. The Hall–Kier alpha value is -3.45. The van der Waals surface area contributed by atoms with Crippen LogP contribution in [0.4, 0.5) is 10.1 Å². The molecule has 3 rings (SSSR count). The fourth-order valence-corrected chi connectivity index (χ4v) is 3.62. The second-order valence-electron chi connectivity index (χ2n) is 6.93. The third kappa shape index (κ3) is 7.67. The summed E-state index contributed by atoms with van der Waals surface area (Å²) in [5, 5.41) is 2.80. The van der Waals surface area contributed by atoms with Gasteiger partial charge in [0, 0.05) is 33.9 Å². The first-order valence-corrected chi connectivity index (χ1v) is 10.9. The predicted molar refractivity (Wildman–Crippen MR) is 121 cm³/mol. The Morgan fingerprint density at radius 3 is 2.16 bits per heavy atom. The standard InChI is InChI=1S/C25H22FNO4S/c26-19-11-9-18(10-12-19)23(28)17-31-25(30)8-4-7-24(29)27-20-13-15-22(16-14-20)32-21-5-2-1-3-6-21/h1-3,5-6,9-16H,4,7-8,17H2,(H,27,29). The van der Waals surface area contributed by atoms with Crippen molar-refractivity contribution in [3.63, 3.8) is 0 Å². The van der Waals surface area contributed by atoms with E-state index >= 15 is 0 Å². The highest BCUT2D eigenvalue weighted by molar-refractivity contribution is 7.99. The number of carbonyl (C=O) groups excluding carboxylic acids is 3. The van der Waals surface area contributed by atoms with Crippen molar-refractivity contribution in [1.82, 2.24) is 0 Å². The Kier molecular flexibility index (Phi) is 8.57. The highest BCUT2D eigenvalue weighted by Gasteiger charge is 2.11. The van der Waals surface area contributed by atoms with Gasteiger partial charge < -0.3 is 10.1 Å². The molecule has 32 heavy (non-hydrogen) atoms. The molecule has 0 aromatic heterocycles. The van der Waals surface area contributed by atoms with Crippen LogP contribution in [0.5, 0.6) is 0 Å². The molecule has 1 N–H and O–H groups in total. The summed E-state index contributed by atoms with van der Waals surface area (Å²) in [5.41, 5.74) is 0.951. The van der Waals surface area contributed by atoms with Crippen LogP contribution in [0.2, 0.25) is 0 Å². The van der Waals surface area contributed by atoms with Crippen LogP contribution in [-0.2, 0) is 14.3 Å². The number of ether oxygens (including phenoxy) is 1. The van der Waals surface area contributed by atoms with Gasteiger partial charge in [-0.3, -0.25) is 14.4 Å². The van der Waals surface area contributed by atoms with E-state index in [1.54, 1.807) is 11.8 Å². The van der Waals surface area contributed by atoms with Crippen LogP contribution in [-0.4, -0.2) is 24.3 Å². The molecule has 3 aromatic carbocycles. The van der Waals surface area contributed by atoms with Crippen LogP contribution < -0.4 is 5.32 Å². The Morgan fingerprint density at radius 2 is 1.47 bits per heavy atom. The zero-order chi connectivity index (χ0) is 22.8. The molecule has 0 unspecified atom stereocenters. The number of ketones is 1. The van der Waals surface area contributed by atoms with Crippen molar-refractivity contribution in [2.24, 2.45) is 0 Å². The van der Waals surface area contributed by atoms with Crippen molar-refractivity contribution < 1.29 is 23.5 Å². The summed E-state index contributed by atoms with van der Waals surface area (Å²) in [7, 11) is 0. The van der Waals surface area contributed by atoms with Crippen molar-refractivity contribution >= 4 is 35.1 Å². The molecule has 0 aliphatic carbocycles. The van der Waals surface area contributed by atoms with Gasteiger partial charge >= 0.3 is 5.97 Å². The van der Waals surface area contributed by atoms with Crippen molar-refractivity contribution in [2.75, 3.05) is 11.9 Å². The largest absolute Gasteiger partial charge is 0.457 e. The van der Waals surface area contributed by atoms with E-state index in [2.05, 4.69) is 5.32 Å². The summed E-state index contributed by atoms with van der Waals surface area (Å²) >= 11 is 1.63. The van der Waals surface area contributed by atoms with Crippen LogP contribution in [0.1, 0.15) is 29.6 Å². The highest BCUT2D eigenvalue weighted by atomic mass is 32.2. The van der Waals surface area contributed by atoms with Crippen molar-refractivity contribution in [3.8, 4) is 0 Å². The van der Waals surface area contributed by atoms with E-state index in [9.17, 15) is 18.8 Å². The molecule has 0 atom stereocenters. The number of halogens is 1. The predicted octanol–water partition coefficient (Wildman–Crippen LogP) is 5.51. The molecular formula is C25H22FNO4S. The van der Waals surface area contributed by atoms with E-state index < -0.39 is 24.2 Å². The van der Waals surface area contributed by atoms with Gasteiger partial charge in [-0.2, -0.15) is 0 Å². The maximum absolute atomic E-state index is 12.9. The minimum Gasteiger partial charge on any atom is -0.457 e. The minimum atomic E-state index is -0.560. The van der Waals surface area contributed by atoms with E-state index in [4.69, 9.17) is 4.74 Å². The average molecular weight is 452 g/mol. The lowest BCUT2D eigenvalue weighted by molar-refractivity contribution is -0.142. The first-order chi connectivity index (χ1) is 15.5. The smallest absolute Gasteiger partial charge is 0.306 e. The number of esters is 1. The first kappa shape index (κ1) is 23.2. The van der Waals surface area contributed by atoms with E-state index in [-0.39, 0.29) is 24.3 Å². The van der Waals surface area contributed by atoms with E-state index in [1.165, 1.54) is 24.3 Å². The van der Waals surface area contributed by atoms with E-state index in [0.717, 1.165) is 9.79 Å². The Balaban J connectivity index is 1.34. The first-order valence-electron chi connectivity index (χ1n) is 10.1. The number of carbonyl (C=O) groups is 3. The highest BCUT2D eigenvalue weighted by Crippen LogP contribution is 2.28. The van der Waals surface area contributed by atoms with Crippen molar-refractivity contribution in [1.29, 1.82) is 0 Å². The molecule has 5 nitrogen and oxygen atoms in total. The van der Waals surface area contributed by atoms with Crippen LogP contribution in [0, 0.1) is 5.82 Å². The fraction of sp³-hybridized carbons (Fsp3) is 0.160. The number of anilines is 1. The topological polar surface area (TPSA) is 72.5 Å². The summed E-state index contributed by atoms with van der Waals surface area (Å²) in [5.74, 6) is -1.62. The number of Topliss-reactive ketones (excluding diaryl/α,β-unsaturated/α-hetero) is 1. The number of hydrogen-bond donors (Lipinski definition) is 1. The van der Waals surface area contributed by atoms with Gasteiger partial charge in [0.15, 0.2) is 12.4 Å². The molecule has 0 saturated heterocycles. The Labute approximate surface area is 190 Å². The molecule has 0 saturated carbocycles. The van der Waals surface area contributed by atoms with Crippen molar-refractivity contribution in [2.45, 2.75) is 29.1 Å². The summed E-state index contributed by atoms with van der Waals surface area (Å²) in [6, 6.07) is 22.5. The summed E-state index contributed by atoms with van der Waals surface area (Å²) in [4.78, 5) is 38.0. The Morgan fingerprint density at radius 1 is 0.812 bits per heavy atom. The normalized spacial score (nSPS) is 10.4. The number of amides is 1. The quantitative estimate of drug-likeness (QED) is 0.325. The molecule has 0 heterocycles. The van der Waals surface area contributed by atoms with Gasteiger partial charge in [-0.1, -0.05) is 30.0 Å². The van der Waals surface area contributed by atoms with Gasteiger partial charge in [0.05, 0.1) is 0 Å². The summed E-state index contributed by atoms with van der Waals surface area (Å²) < 4.78 is 17.8. The average Bonchev–Trinajstić information content (AvgIpc) is 2.80. The third-order valence-electron chi connectivity index (χ3n) is 4.43. The molecule has 0 bridgehead atoms. The minimum absolute atomic E-state index is 0.0246. The zero-order valence-corrected chi connectivity index (χ0v) is 18.1. The Bertz CT molecular complexity index is 1050. The van der Waals surface area contributed by atoms with Gasteiger partial charge in [0.2, 0.25) is 5.91 Å². The molecule has 0 aliphatic heterocycles. The molecule has 7 heteroatoms. The number of hydrogen-bond acceptors (Lipinski definition) is 5. The molecule has 1 amide bonds. The number of nitrogens with one attached hydrogen (secondary N) is 1. The molecule has 0 fully saturated rings. The van der Waals surface area contributed by atoms with Gasteiger partial charge in [0.25, 0.3) is 0 Å².